The molecule has 1 aromatic carbocycles. The van der Waals surface area contributed by atoms with Crippen LogP contribution in [0.2, 0.25) is 0 Å². The fourth-order valence-electron chi connectivity index (χ4n) is 8.52. The van der Waals surface area contributed by atoms with Crippen molar-refractivity contribution in [3.05, 3.63) is 42.0 Å². The number of ether oxygens (including phenoxy) is 1. The highest BCUT2D eigenvalue weighted by atomic mass is 16.6. The van der Waals surface area contributed by atoms with Crippen molar-refractivity contribution < 1.29 is 19.1 Å². The van der Waals surface area contributed by atoms with Crippen molar-refractivity contribution in [2.24, 2.45) is 5.92 Å². The van der Waals surface area contributed by atoms with E-state index in [9.17, 15) is 14.4 Å². The summed E-state index contributed by atoms with van der Waals surface area (Å²) < 4.78 is 5.60. The molecule has 4 fully saturated rings. The van der Waals surface area contributed by atoms with Gasteiger partial charge in [0, 0.05) is 82.2 Å². The van der Waals surface area contributed by atoms with Crippen LogP contribution in [0.5, 0.6) is 0 Å². The van der Waals surface area contributed by atoms with E-state index >= 15 is 0 Å². The van der Waals surface area contributed by atoms with Gasteiger partial charge in [0.05, 0.1) is 5.69 Å². The number of amides is 3. The Bertz CT molecular complexity index is 1600. The molecule has 2 aromatic rings. The Hall–Kier alpha value is -3.90. The molecular formula is C40H58N8O4. The number of piperazine rings is 1. The highest BCUT2D eigenvalue weighted by Crippen LogP contribution is 2.39. The average molecular weight is 715 g/mol. The Labute approximate surface area is 309 Å². The molecule has 52 heavy (non-hydrogen) atoms. The number of benzene rings is 1. The Balaban J connectivity index is 0.954. The number of likely N-dealkylation sites (tertiary alicyclic amines) is 1. The van der Waals surface area contributed by atoms with Crippen molar-refractivity contribution in [2.75, 3.05) is 68.0 Å². The van der Waals surface area contributed by atoms with Crippen LogP contribution in [0.15, 0.2) is 36.4 Å². The van der Waals surface area contributed by atoms with Crippen molar-refractivity contribution in [1.29, 1.82) is 0 Å². The standard InChI is InChI=1S/C40H58N8O4/c1-27-38(50)44(5)34-15-16-35(43-36(34)48(27)33-17-19-47(20-18-33)39(51)52-40(2,3)4)41-31-8-6-7-29(25-31)37(49)42-30-11-13-32(14-12-30)46-23-21-45(22-24-46)26-28-9-10-28/h6-8,15-16,25,27-28,30,32-33H,9-14,17-24,26H2,1-5H3,(H,41,43)(H,42,49)/t27-,30-,32-/m1/s1. The summed E-state index contributed by atoms with van der Waals surface area (Å²) in [5, 5.41) is 6.74. The lowest BCUT2D eigenvalue weighted by Gasteiger charge is -2.46. The Morgan fingerprint density at radius 1 is 0.885 bits per heavy atom. The van der Waals surface area contributed by atoms with Crippen LogP contribution in [0.3, 0.4) is 0 Å². The molecule has 12 nitrogen and oxygen atoms in total. The van der Waals surface area contributed by atoms with E-state index in [2.05, 4.69) is 25.3 Å². The molecule has 2 N–H and O–H groups in total. The van der Waals surface area contributed by atoms with Crippen LogP contribution in [0.1, 0.15) is 89.4 Å². The minimum Gasteiger partial charge on any atom is -0.444 e. The van der Waals surface area contributed by atoms with Crippen molar-refractivity contribution in [3.8, 4) is 0 Å². The molecule has 3 amide bonds. The number of piperidine rings is 1. The first-order chi connectivity index (χ1) is 24.9. The number of likely N-dealkylation sites (N-methyl/N-ethyl adjacent to an activating group) is 1. The summed E-state index contributed by atoms with van der Waals surface area (Å²) in [5.74, 6) is 2.30. The zero-order valence-electron chi connectivity index (χ0n) is 31.8. The number of nitrogens with zero attached hydrogens (tertiary/aromatic N) is 6. The first kappa shape index (κ1) is 36.5. The number of nitrogens with one attached hydrogen (secondary N) is 2. The van der Waals surface area contributed by atoms with Gasteiger partial charge < -0.3 is 35.0 Å². The van der Waals surface area contributed by atoms with Crippen LogP contribution in [0.4, 0.5) is 27.8 Å². The van der Waals surface area contributed by atoms with E-state index in [0.29, 0.717) is 43.4 Å². The van der Waals surface area contributed by atoms with Crippen LogP contribution < -0.4 is 20.4 Å². The van der Waals surface area contributed by atoms with Crippen LogP contribution >= 0.6 is 0 Å². The van der Waals surface area contributed by atoms with Gasteiger partial charge in [0.1, 0.15) is 17.5 Å². The lowest BCUT2D eigenvalue weighted by molar-refractivity contribution is -0.119. The summed E-state index contributed by atoms with van der Waals surface area (Å²) in [6.45, 7) is 14.7. The number of anilines is 4. The number of aromatic nitrogens is 1. The molecule has 7 rings (SSSR count). The van der Waals surface area contributed by atoms with Crippen LogP contribution in [-0.4, -0.2) is 120 Å². The van der Waals surface area contributed by atoms with Gasteiger partial charge >= 0.3 is 6.09 Å². The van der Waals surface area contributed by atoms with E-state index in [-0.39, 0.29) is 30.0 Å². The third kappa shape index (κ3) is 8.49. The smallest absolute Gasteiger partial charge is 0.410 e. The number of hydrogen-bond donors (Lipinski definition) is 2. The second-order valence-electron chi connectivity index (χ2n) is 16.7. The number of pyridine rings is 1. The summed E-state index contributed by atoms with van der Waals surface area (Å²) in [4.78, 5) is 55.4. The quantitative estimate of drug-likeness (QED) is 0.368. The van der Waals surface area contributed by atoms with Crippen LogP contribution in [0, 0.1) is 5.92 Å². The predicted octanol–water partition coefficient (Wildman–Crippen LogP) is 5.46. The summed E-state index contributed by atoms with van der Waals surface area (Å²) in [6.07, 6.45) is 8.25. The third-order valence-electron chi connectivity index (χ3n) is 11.6. The second-order valence-corrected chi connectivity index (χ2v) is 16.7. The monoisotopic (exact) mass is 714 g/mol. The van der Waals surface area contributed by atoms with Crippen molar-refractivity contribution in [1.82, 2.24) is 25.0 Å². The number of hydrogen-bond acceptors (Lipinski definition) is 9. The lowest BCUT2D eigenvalue weighted by atomic mass is 9.89. The van der Waals surface area contributed by atoms with Gasteiger partial charge in [-0.2, -0.15) is 0 Å². The fourth-order valence-corrected chi connectivity index (χ4v) is 8.52. The zero-order chi connectivity index (χ0) is 36.6. The van der Waals surface area contributed by atoms with E-state index in [4.69, 9.17) is 9.72 Å². The van der Waals surface area contributed by atoms with Gasteiger partial charge in [-0.05, 0) is 115 Å². The van der Waals surface area contributed by atoms with Crippen molar-refractivity contribution in [3.63, 3.8) is 0 Å². The van der Waals surface area contributed by atoms with Crippen LogP contribution in [0.25, 0.3) is 0 Å². The molecule has 12 heteroatoms. The van der Waals surface area contributed by atoms with Gasteiger partial charge in [-0.25, -0.2) is 9.78 Å². The average Bonchev–Trinajstić information content (AvgIpc) is 3.95. The molecule has 3 aliphatic heterocycles. The van der Waals surface area contributed by atoms with Gasteiger partial charge in [-0.3, -0.25) is 14.5 Å². The normalized spacial score (nSPS) is 25.1. The lowest BCUT2D eigenvalue weighted by Crippen LogP contribution is -2.57. The molecule has 0 spiro atoms. The van der Waals surface area contributed by atoms with E-state index in [1.54, 1.807) is 16.8 Å². The minimum absolute atomic E-state index is 0.0127. The number of fused-ring (bicyclic) bond motifs is 1. The van der Waals surface area contributed by atoms with Crippen molar-refractivity contribution in [2.45, 2.75) is 109 Å². The fraction of sp³-hybridized carbons (Fsp3) is 0.650. The van der Waals surface area contributed by atoms with E-state index in [0.717, 1.165) is 48.8 Å². The van der Waals surface area contributed by atoms with Gasteiger partial charge in [0.25, 0.3) is 5.91 Å². The van der Waals surface area contributed by atoms with Gasteiger partial charge in [-0.1, -0.05) is 6.07 Å². The zero-order valence-corrected chi connectivity index (χ0v) is 31.8. The third-order valence-corrected chi connectivity index (χ3v) is 11.6. The maximum Gasteiger partial charge on any atom is 0.410 e. The molecule has 0 unspecified atom stereocenters. The van der Waals surface area contributed by atoms with Crippen LogP contribution in [-0.2, 0) is 9.53 Å². The Morgan fingerprint density at radius 3 is 2.27 bits per heavy atom. The topological polar surface area (TPSA) is 114 Å². The molecule has 4 heterocycles. The minimum atomic E-state index is -0.550. The molecule has 2 saturated heterocycles. The maximum absolute atomic E-state index is 13.4. The molecule has 0 radical (unpaired) electrons. The summed E-state index contributed by atoms with van der Waals surface area (Å²) in [7, 11) is 1.79. The molecule has 282 valence electrons. The second kappa shape index (κ2) is 15.2. The summed E-state index contributed by atoms with van der Waals surface area (Å²) in [5.41, 5.74) is 1.60. The van der Waals surface area contributed by atoms with Gasteiger partial charge in [-0.15, -0.1) is 0 Å². The molecule has 0 bridgehead atoms. The molecule has 2 aliphatic carbocycles. The predicted molar refractivity (Wildman–Crippen MR) is 204 cm³/mol. The highest BCUT2D eigenvalue weighted by molar-refractivity contribution is 6.04. The van der Waals surface area contributed by atoms with Crippen molar-refractivity contribution >= 4 is 40.9 Å². The van der Waals surface area contributed by atoms with Gasteiger partial charge in [0.15, 0.2) is 5.82 Å². The molecule has 1 atom stereocenters. The number of carbonyl (C=O) groups is 3. The molecular weight excluding hydrogens is 656 g/mol. The molecule has 5 aliphatic rings. The summed E-state index contributed by atoms with van der Waals surface area (Å²) in [6, 6.07) is 11.9. The molecule has 2 saturated carbocycles. The number of rotatable bonds is 8. The van der Waals surface area contributed by atoms with Gasteiger partial charge in [0.2, 0.25) is 5.91 Å². The Kier molecular flexibility index (Phi) is 10.7. The van der Waals surface area contributed by atoms with E-state index in [1.807, 2.05) is 64.1 Å². The maximum atomic E-state index is 13.4. The first-order valence-electron chi connectivity index (χ1n) is 19.6. The highest BCUT2D eigenvalue weighted by Gasteiger charge is 2.40. The number of carbonyl (C=O) groups excluding carboxylic acids is 3. The molecule has 1 aromatic heterocycles. The van der Waals surface area contributed by atoms with E-state index in [1.165, 1.54) is 45.6 Å². The Morgan fingerprint density at radius 2 is 1.60 bits per heavy atom. The first-order valence-corrected chi connectivity index (χ1v) is 19.6. The SMILES string of the molecule is C[C@@H]1C(=O)N(C)c2ccc(Nc3cccc(C(=O)N[C@H]4CC[C@H](N5CCN(CC6CC6)CC5)CC4)c3)nc2N1C1CCN(C(=O)OC(C)(C)C)CC1. The largest absolute Gasteiger partial charge is 0.444 e. The van der Waals surface area contributed by atoms with E-state index < -0.39 is 11.6 Å². The summed E-state index contributed by atoms with van der Waals surface area (Å²) >= 11 is 0.